The van der Waals surface area contributed by atoms with Gasteiger partial charge in [-0.25, -0.2) is 4.68 Å². The lowest BCUT2D eigenvalue weighted by Gasteiger charge is -2.36. The van der Waals surface area contributed by atoms with Gasteiger partial charge >= 0.3 is 0 Å². The van der Waals surface area contributed by atoms with Gasteiger partial charge < -0.3 is 9.64 Å². The van der Waals surface area contributed by atoms with Gasteiger partial charge in [0.25, 0.3) is 0 Å². The fraction of sp³-hybridized carbons (Fsp3) is 0.619. The quantitative estimate of drug-likeness (QED) is 0.565. The lowest BCUT2D eigenvalue weighted by atomic mass is 10.1. The first kappa shape index (κ1) is 21.3. The van der Waals surface area contributed by atoms with Crippen molar-refractivity contribution in [2.24, 2.45) is 0 Å². The van der Waals surface area contributed by atoms with Gasteiger partial charge in [-0.3, -0.25) is 9.69 Å². The van der Waals surface area contributed by atoms with E-state index in [1.807, 2.05) is 34.7 Å². The van der Waals surface area contributed by atoms with Gasteiger partial charge in [-0.1, -0.05) is 42.1 Å². The minimum absolute atomic E-state index is 0.0956. The van der Waals surface area contributed by atoms with E-state index in [2.05, 4.69) is 39.5 Å². The molecule has 0 radical (unpaired) electrons. The third-order valence-corrected chi connectivity index (χ3v) is 6.66. The average Bonchev–Trinajstić information content (AvgIpc) is 3.51. The van der Waals surface area contributed by atoms with E-state index in [0.29, 0.717) is 12.6 Å². The van der Waals surface area contributed by atoms with Crippen LogP contribution in [0.1, 0.15) is 38.3 Å². The summed E-state index contributed by atoms with van der Waals surface area (Å²) in [5.41, 5.74) is 1.14. The summed E-state index contributed by atoms with van der Waals surface area (Å²) >= 11 is 1.46. The molecular weight excluding hydrogens is 400 g/mol. The van der Waals surface area contributed by atoms with E-state index in [1.165, 1.54) is 11.8 Å². The highest BCUT2D eigenvalue weighted by atomic mass is 32.2. The monoisotopic (exact) mass is 430 g/mol. The first-order valence-electron chi connectivity index (χ1n) is 10.7. The maximum atomic E-state index is 13.5. The molecule has 4 rings (SSSR count). The van der Waals surface area contributed by atoms with E-state index in [9.17, 15) is 4.79 Å². The van der Waals surface area contributed by atoms with E-state index < -0.39 is 0 Å². The molecule has 1 aliphatic heterocycles. The van der Waals surface area contributed by atoms with Crippen LogP contribution in [0.4, 0.5) is 0 Å². The van der Waals surface area contributed by atoms with E-state index in [1.54, 1.807) is 0 Å². The maximum absolute atomic E-state index is 13.5. The molecule has 0 spiro atoms. The van der Waals surface area contributed by atoms with Gasteiger partial charge in [0.2, 0.25) is 11.1 Å². The van der Waals surface area contributed by atoms with Crippen molar-refractivity contribution in [3.8, 4) is 0 Å². The number of morpholine rings is 1. The molecule has 1 saturated carbocycles. The summed E-state index contributed by atoms with van der Waals surface area (Å²) in [5.74, 6) is 0.120. The summed E-state index contributed by atoms with van der Waals surface area (Å²) in [4.78, 5) is 17.9. The average molecular weight is 431 g/mol. The Kier molecular flexibility index (Phi) is 7.01. The van der Waals surface area contributed by atoms with Crippen molar-refractivity contribution in [3.05, 3.63) is 35.9 Å². The van der Waals surface area contributed by atoms with Crippen LogP contribution in [0.25, 0.3) is 0 Å². The van der Waals surface area contributed by atoms with Crippen LogP contribution in [0.5, 0.6) is 0 Å². The van der Waals surface area contributed by atoms with Gasteiger partial charge in [-0.15, -0.1) is 5.10 Å². The van der Waals surface area contributed by atoms with Crippen LogP contribution in [-0.2, 0) is 16.1 Å². The number of thioether (sulfide) groups is 1. The number of rotatable bonds is 9. The lowest BCUT2D eigenvalue weighted by Crippen LogP contribution is -2.49. The molecule has 162 valence electrons. The van der Waals surface area contributed by atoms with Crippen LogP contribution in [0.2, 0.25) is 0 Å². The molecule has 1 amide bonds. The van der Waals surface area contributed by atoms with Crippen molar-refractivity contribution in [2.45, 2.75) is 55.7 Å². The number of amides is 1. The maximum Gasteiger partial charge on any atom is 0.236 e. The van der Waals surface area contributed by atoms with E-state index in [0.717, 1.165) is 56.4 Å². The van der Waals surface area contributed by atoms with Gasteiger partial charge in [0.1, 0.15) is 0 Å². The Labute approximate surface area is 181 Å². The molecule has 1 aromatic heterocycles. The molecule has 2 unspecified atom stereocenters. The van der Waals surface area contributed by atoms with Crippen LogP contribution in [0.15, 0.2) is 35.5 Å². The van der Waals surface area contributed by atoms with Gasteiger partial charge in [-0.2, -0.15) is 0 Å². The molecule has 2 aromatic rings. The number of tetrazole rings is 1. The number of hydrogen-bond acceptors (Lipinski definition) is 7. The molecule has 0 N–H and O–H groups in total. The third kappa shape index (κ3) is 5.39. The van der Waals surface area contributed by atoms with Crippen molar-refractivity contribution in [1.82, 2.24) is 30.0 Å². The molecule has 9 heteroatoms. The SMILES string of the molecule is CC(Sc1nnnn1C1CC1)C(=O)N(Cc1ccccc1)C(C)CN1CCOCC1. The zero-order valence-corrected chi connectivity index (χ0v) is 18.5. The Balaban J connectivity index is 1.46. The van der Waals surface area contributed by atoms with Crippen molar-refractivity contribution < 1.29 is 9.53 Å². The highest BCUT2D eigenvalue weighted by molar-refractivity contribution is 8.00. The zero-order valence-electron chi connectivity index (χ0n) is 17.7. The largest absolute Gasteiger partial charge is 0.379 e. The highest BCUT2D eigenvalue weighted by Gasteiger charge is 2.32. The number of nitrogens with zero attached hydrogens (tertiary/aromatic N) is 6. The summed E-state index contributed by atoms with van der Waals surface area (Å²) in [6.07, 6.45) is 2.22. The number of benzene rings is 1. The number of carbonyl (C=O) groups excluding carboxylic acids is 1. The smallest absolute Gasteiger partial charge is 0.236 e. The molecule has 2 atom stereocenters. The van der Waals surface area contributed by atoms with Crippen LogP contribution in [0.3, 0.4) is 0 Å². The van der Waals surface area contributed by atoms with E-state index in [-0.39, 0.29) is 17.2 Å². The molecular formula is C21H30N6O2S. The van der Waals surface area contributed by atoms with Crippen LogP contribution in [0, 0.1) is 0 Å². The topological polar surface area (TPSA) is 76.4 Å². The minimum atomic E-state index is -0.260. The number of hydrogen-bond donors (Lipinski definition) is 0. The zero-order chi connectivity index (χ0) is 20.9. The summed E-state index contributed by atoms with van der Waals surface area (Å²) in [7, 11) is 0. The van der Waals surface area contributed by atoms with Crippen molar-refractivity contribution in [3.63, 3.8) is 0 Å². The molecule has 30 heavy (non-hydrogen) atoms. The molecule has 1 saturated heterocycles. The Morgan fingerprint density at radius 3 is 2.67 bits per heavy atom. The second-order valence-electron chi connectivity index (χ2n) is 8.11. The third-order valence-electron chi connectivity index (χ3n) is 5.62. The normalized spacial score (nSPS) is 19.4. The van der Waals surface area contributed by atoms with E-state index >= 15 is 0 Å². The summed E-state index contributed by atoms with van der Waals surface area (Å²) < 4.78 is 7.34. The summed E-state index contributed by atoms with van der Waals surface area (Å²) in [6.45, 7) is 8.89. The number of carbonyl (C=O) groups is 1. The molecule has 8 nitrogen and oxygen atoms in total. The summed E-state index contributed by atoms with van der Waals surface area (Å²) in [6, 6.07) is 10.7. The molecule has 1 aromatic carbocycles. The number of aromatic nitrogens is 4. The Morgan fingerprint density at radius 1 is 1.23 bits per heavy atom. The first-order chi connectivity index (χ1) is 14.6. The molecule has 1 aliphatic carbocycles. The lowest BCUT2D eigenvalue weighted by molar-refractivity contribution is -0.133. The Hall–Kier alpha value is -1.97. The van der Waals surface area contributed by atoms with Crippen molar-refractivity contribution in [2.75, 3.05) is 32.8 Å². The van der Waals surface area contributed by atoms with Crippen molar-refractivity contribution in [1.29, 1.82) is 0 Å². The molecule has 2 heterocycles. The molecule has 0 bridgehead atoms. The van der Waals surface area contributed by atoms with Gasteiger partial charge in [0.05, 0.1) is 24.5 Å². The van der Waals surface area contributed by atoms with Crippen LogP contribution in [-0.4, -0.2) is 80.1 Å². The highest BCUT2D eigenvalue weighted by Crippen LogP contribution is 2.37. The van der Waals surface area contributed by atoms with Gasteiger partial charge in [0.15, 0.2) is 0 Å². The Bertz CT molecular complexity index is 822. The van der Waals surface area contributed by atoms with Gasteiger partial charge in [0, 0.05) is 32.2 Å². The predicted molar refractivity (Wildman–Crippen MR) is 115 cm³/mol. The predicted octanol–water partition coefficient (Wildman–Crippen LogP) is 2.24. The second-order valence-corrected chi connectivity index (χ2v) is 9.42. The van der Waals surface area contributed by atoms with Crippen LogP contribution < -0.4 is 0 Å². The standard InChI is InChI=1S/C21H30N6O2S/c1-16(14-25-10-12-29-13-11-25)26(15-18-6-4-3-5-7-18)20(28)17(2)30-21-22-23-24-27(21)19-8-9-19/h3-7,16-17,19H,8-15H2,1-2H3. The fourth-order valence-electron chi connectivity index (χ4n) is 3.74. The van der Waals surface area contributed by atoms with E-state index in [4.69, 9.17) is 4.74 Å². The van der Waals surface area contributed by atoms with Crippen LogP contribution >= 0.6 is 11.8 Å². The van der Waals surface area contributed by atoms with Gasteiger partial charge in [-0.05, 0) is 42.7 Å². The van der Waals surface area contributed by atoms with Crippen molar-refractivity contribution >= 4 is 17.7 Å². The molecule has 2 aliphatic rings. The fourth-order valence-corrected chi connectivity index (χ4v) is 4.67. The minimum Gasteiger partial charge on any atom is -0.379 e. The number of ether oxygens (including phenoxy) is 1. The second kappa shape index (κ2) is 9.89. The Morgan fingerprint density at radius 2 is 1.97 bits per heavy atom. The summed E-state index contributed by atoms with van der Waals surface area (Å²) in [5, 5.41) is 12.6. The first-order valence-corrected chi connectivity index (χ1v) is 11.6. The molecule has 2 fully saturated rings.